The summed E-state index contributed by atoms with van der Waals surface area (Å²) in [6.07, 6.45) is 3.41. The van der Waals surface area contributed by atoms with Crippen LogP contribution in [0.15, 0.2) is 48.8 Å². The molecule has 0 bridgehead atoms. The quantitative estimate of drug-likeness (QED) is 0.732. The Morgan fingerprint density at radius 1 is 1.09 bits per heavy atom. The Labute approximate surface area is 134 Å². The molecule has 3 rings (SSSR count). The Bertz CT molecular complexity index is 847. The molecule has 118 valence electrons. The minimum Gasteiger partial charge on any atom is -0.457 e. The molecule has 0 radical (unpaired) electrons. The van der Waals surface area contributed by atoms with Crippen LogP contribution in [0.3, 0.4) is 0 Å². The smallest absolute Gasteiger partial charge is 0.357 e. The van der Waals surface area contributed by atoms with Gasteiger partial charge in [0.2, 0.25) is 0 Å². The third-order valence-electron chi connectivity index (χ3n) is 3.10. The molecule has 5 nitrogen and oxygen atoms in total. The Morgan fingerprint density at radius 3 is 2.65 bits per heavy atom. The number of nitrogens with zero attached hydrogens (tertiary/aromatic N) is 1. The predicted molar refractivity (Wildman–Crippen MR) is 87.8 cm³/mol. The van der Waals surface area contributed by atoms with Crippen molar-refractivity contribution < 1.29 is 14.3 Å². The van der Waals surface area contributed by atoms with Crippen LogP contribution in [0.1, 0.15) is 31.3 Å². The number of ether oxygens (including phenoxy) is 2. The molecule has 0 aliphatic rings. The van der Waals surface area contributed by atoms with Crippen LogP contribution < -0.4 is 4.74 Å². The number of hydrogen-bond acceptors (Lipinski definition) is 4. The van der Waals surface area contributed by atoms with Gasteiger partial charge in [0, 0.05) is 29.4 Å². The summed E-state index contributed by atoms with van der Waals surface area (Å²) in [7, 11) is 0. The summed E-state index contributed by atoms with van der Waals surface area (Å²) in [6.45, 7) is 5.45. The van der Waals surface area contributed by atoms with Crippen molar-refractivity contribution in [2.75, 3.05) is 0 Å². The van der Waals surface area contributed by atoms with Crippen LogP contribution in [0.25, 0.3) is 10.9 Å². The van der Waals surface area contributed by atoms with Crippen LogP contribution in [0.2, 0.25) is 0 Å². The maximum atomic E-state index is 12.1. The van der Waals surface area contributed by atoms with Gasteiger partial charge >= 0.3 is 5.97 Å². The Morgan fingerprint density at radius 2 is 1.87 bits per heavy atom. The van der Waals surface area contributed by atoms with Crippen LogP contribution in [0.5, 0.6) is 11.5 Å². The fraction of sp³-hybridized carbons (Fsp3) is 0.222. The zero-order valence-corrected chi connectivity index (χ0v) is 13.3. The van der Waals surface area contributed by atoms with Crippen molar-refractivity contribution in [3.8, 4) is 11.5 Å². The van der Waals surface area contributed by atoms with Gasteiger partial charge in [0.25, 0.3) is 0 Å². The van der Waals surface area contributed by atoms with Crippen LogP contribution in [0, 0.1) is 0 Å². The maximum Gasteiger partial charge on any atom is 0.357 e. The van der Waals surface area contributed by atoms with E-state index in [4.69, 9.17) is 9.47 Å². The van der Waals surface area contributed by atoms with Crippen LogP contribution in [-0.2, 0) is 4.74 Å². The van der Waals surface area contributed by atoms with E-state index < -0.39 is 11.6 Å². The number of H-pyrrole nitrogens is 1. The molecule has 1 N–H and O–H groups in total. The molecule has 0 aliphatic heterocycles. The van der Waals surface area contributed by atoms with E-state index in [1.54, 1.807) is 12.1 Å². The standard InChI is InChI=1S/C18H18N2O3/c1-18(2,3)23-17(21)16-11-14(7-9-20-16)22-13-4-5-15-12(10-13)6-8-19-15/h4-11,19H,1-3H3. The first-order valence-corrected chi connectivity index (χ1v) is 7.35. The van der Waals surface area contributed by atoms with Crippen molar-refractivity contribution in [3.05, 3.63) is 54.5 Å². The zero-order chi connectivity index (χ0) is 16.4. The third kappa shape index (κ3) is 3.69. The summed E-state index contributed by atoms with van der Waals surface area (Å²) < 4.78 is 11.1. The number of pyridine rings is 1. The zero-order valence-electron chi connectivity index (χ0n) is 13.3. The topological polar surface area (TPSA) is 64.2 Å². The molecule has 0 amide bonds. The number of hydrogen-bond donors (Lipinski definition) is 1. The SMILES string of the molecule is CC(C)(C)OC(=O)c1cc(Oc2ccc3[nH]ccc3c2)ccn1. The molecule has 0 fully saturated rings. The first-order valence-electron chi connectivity index (χ1n) is 7.35. The van der Waals surface area contributed by atoms with Gasteiger partial charge in [-0.3, -0.25) is 0 Å². The van der Waals surface area contributed by atoms with Gasteiger partial charge in [0.1, 0.15) is 17.1 Å². The number of rotatable bonds is 3. The first kappa shape index (κ1) is 15.1. The average molecular weight is 310 g/mol. The van der Waals surface area contributed by atoms with Gasteiger partial charge in [-0.15, -0.1) is 0 Å². The fourth-order valence-corrected chi connectivity index (χ4v) is 2.15. The van der Waals surface area contributed by atoms with Crippen molar-refractivity contribution in [2.45, 2.75) is 26.4 Å². The Hall–Kier alpha value is -2.82. The lowest BCUT2D eigenvalue weighted by Gasteiger charge is -2.19. The molecular formula is C18H18N2O3. The molecule has 0 atom stereocenters. The van der Waals surface area contributed by atoms with E-state index in [9.17, 15) is 4.79 Å². The first-order chi connectivity index (χ1) is 10.9. The van der Waals surface area contributed by atoms with Crippen LogP contribution in [0.4, 0.5) is 0 Å². The molecule has 1 aromatic carbocycles. The van der Waals surface area contributed by atoms with Gasteiger partial charge in [-0.2, -0.15) is 0 Å². The number of esters is 1. The minimum absolute atomic E-state index is 0.222. The second-order valence-corrected chi connectivity index (χ2v) is 6.21. The number of aromatic nitrogens is 2. The van der Waals surface area contributed by atoms with Gasteiger partial charge in [0.15, 0.2) is 5.69 Å². The summed E-state index contributed by atoms with van der Waals surface area (Å²) in [5.41, 5.74) is 0.705. The highest BCUT2D eigenvalue weighted by Gasteiger charge is 2.19. The van der Waals surface area contributed by atoms with E-state index >= 15 is 0 Å². The fourth-order valence-electron chi connectivity index (χ4n) is 2.15. The summed E-state index contributed by atoms with van der Waals surface area (Å²) in [5.74, 6) is 0.762. The van der Waals surface area contributed by atoms with E-state index in [1.807, 2.05) is 51.2 Å². The number of nitrogens with one attached hydrogen (secondary N) is 1. The molecule has 0 spiro atoms. The largest absolute Gasteiger partial charge is 0.457 e. The Balaban J connectivity index is 1.80. The van der Waals surface area contributed by atoms with Gasteiger partial charge < -0.3 is 14.5 Å². The number of fused-ring (bicyclic) bond motifs is 1. The second kappa shape index (κ2) is 5.76. The summed E-state index contributed by atoms with van der Waals surface area (Å²) in [5, 5.41) is 1.06. The van der Waals surface area contributed by atoms with Gasteiger partial charge in [0.05, 0.1) is 0 Å². The van der Waals surface area contributed by atoms with E-state index in [0.717, 1.165) is 10.9 Å². The Kier molecular flexibility index (Phi) is 3.78. The van der Waals surface area contributed by atoms with Crippen molar-refractivity contribution in [1.29, 1.82) is 0 Å². The van der Waals surface area contributed by atoms with Crippen LogP contribution >= 0.6 is 0 Å². The summed E-state index contributed by atoms with van der Waals surface area (Å²) in [4.78, 5) is 19.2. The highest BCUT2D eigenvalue weighted by atomic mass is 16.6. The molecule has 3 aromatic rings. The number of carbonyl (C=O) groups is 1. The molecule has 0 saturated heterocycles. The molecule has 0 aliphatic carbocycles. The predicted octanol–water partition coefficient (Wildman–Crippen LogP) is 4.31. The lowest BCUT2D eigenvalue weighted by molar-refractivity contribution is 0.00625. The van der Waals surface area contributed by atoms with Crippen molar-refractivity contribution >= 4 is 16.9 Å². The molecular weight excluding hydrogens is 292 g/mol. The van der Waals surface area contributed by atoms with E-state index in [2.05, 4.69) is 9.97 Å². The van der Waals surface area contributed by atoms with E-state index in [-0.39, 0.29) is 5.69 Å². The molecule has 2 heterocycles. The molecule has 23 heavy (non-hydrogen) atoms. The van der Waals surface area contributed by atoms with Gasteiger partial charge in [-0.05, 0) is 51.1 Å². The maximum absolute atomic E-state index is 12.1. The average Bonchev–Trinajstić information content (AvgIpc) is 2.93. The summed E-state index contributed by atoms with van der Waals surface area (Å²) >= 11 is 0. The lowest BCUT2D eigenvalue weighted by atomic mass is 10.2. The highest BCUT2D eigenvalue weighted by molar-refractivity contribution is 5.88. The van der Waals surface area contributed by atoms with E-state index in [0.29, 0.717) is 11.5 Å². The summed E-state index contributed by atoms with van der Waals surface area (Å²) in [6, 6.07) is 11.0. The van der Waals surface area contributed by atoms with Crippen molar-refractivity contribution in [3.63, 3.8) is 0 Å². The normalized spacial score (nSPS) is 11.4. The number of carbonyl (C=O) groups excluding carboxylic acids is 1. The molecule has 0 saturated carbocycles. The van der Waals surface area contributed by atoms with Gasteiger partial charge in [-0.1, -0.05) is 0 Å². The molecule has 0 unspecified atom stereocenters. The third-order valence-corrected chi connectivity index (χ3v) is 3.10. The minimum atomic E-state index is -0.561. The van der Waals surface area contributed by atoms with Crippen molar-refractivity contribution in [1.82, 2.24) is 9.97 Å². The van der Waals surface area contributed by atoms with Crippen molar-refractivity contribution in [2.24, 2.45) is 0 Å². The highest BCUT2D eigenvalue weighted by Crippen LogP contribution is 2.25. The monoisotopic (exact) mass is 310 g/mol. The van der Waals surface area contributed by atoms with Gasteiger partial charge in [-0.25, -0.2) is 9.78 Å². The molecule has 2 aromatic heterocycles. The lowest BCUT2D eigenvalue weighted by Crippen LogP contribution is -2.24. The number of benzene rings is 1. The number of aromatic amines is 1. The van der Waals surface area contributed by atoms with Crippen LogP contribution in [-0.4, -0.2) is 21.5 Å². The van der Waals surface area contributed by atoms with E-state index in [1.165, 1.54) is 6.20 Å². The molecule has 5 heteroatoms. The second-order valence-electron chi connectivity index (χ2n) is 6.21.